The van der Waals surface area contributed by atoms with Gasteiger partial charge in [0.05, 0.1) is 10.6 Å². The van der Waals surface area contributed by atoms with E-state index in [0.29, 0.717) is 16.6 Å². The first-order chi connectivity index (χ1) is 8.69. The largest absolute Gasteiger partial charge is 0.409 e. The summed E-state index contributed by atoms with van der Waals surface area (Å²) in [6.45, 7) is 3.10. The molecule has 0 amide bonds. The summed E-state index contributed by atoms with van der Waals surface area (Å²) in [7, 11) is 0. The Labute approximate surface area is 112 Å². The van der Waals surface area contributed by atoms with Crippen molar-refractivity contribution in [2.45, 2.75) is 32.2 Å². The normalized spacial score (nSPS) is 15.8. The van der Waals surface area contributed by atoms with Crippen LogP contribution < -0.4 is 10.6 Å². The summed E-state index contributed by atoms with van der Waals surface area (Å²) in [4.78, 5) is 2.30. The number of hydrogen-bond donors (Lipinski definition) is 2. The second-order valence-electron chi connectivity index (χ2n) is 4.54. The molecule has 5 heteroatoms. The molecular formula is C13H18ClN3O. The molecule has 1 fully saturated rings. The average Bonchev–Trinajstić information content (AvgIpc) is 3.19. The van der Waals surface area contributed by atoms with Crippen molar-refractivity contribution < 1.29 is 5.21 Å². The van der Waals surface area contributed by atoms with Crippen molar-refractivity contribution in [3.63, 3.8) is 0 Å². The monoisotopic (exact) mass is 267 g/mol. The molecule has 0 aliphatic heterocycles. The number of anilines is 1. The van der Waals surface area contributed by atoms with E-state index in [1.54, 1.807) is 6.07 Å². The van der Waals surface area contributed by atoms with Crippen LogP contribution in [0.4, 0.5) is 5.69 Å². The van der Waals surface area contributed by atoms with Crippen molar-refractivity contribution >= 4 is 23.1 Å². The van der Waals surface area contributed by atoms with Gasteiger partial charge in [0.25, 0.3) is 0 Å². The van der Waals surface area contributed by atoms with Crippen LogP contribution >= 0.6 is 11.6 Å². The molecule has 0 spiro atoms. The Morgan fingerprint density at radius 3 is 2.83 bits per heavy atom. The van der Waals surface area contributed by atoms with E-state index in [2.05, 4.69) is 17.0 Å². The van der Waals surface area contributed by atoms with Gasteiger partial charge >= 0.3 is 0 Å². The fraction of sp³-hybridized carbons (Fsp3) is 0.462. The zero-order valence-electron chi connectivity index (χ0n) is 10.4. The van der Waals surface area contributed by atoms with E-state index >= 15 is 0 Å². The first kappa shape index (κ1) is 13.0. The third kappa shape index (κ3) is 2.53. The van der Waals surface area contributed by atoms with Gasteiger partial charge in [-0.05, 0) is 31.4 Å². The SMILES string of the molecule is CCCN(c1cccc(Cl)c1C(N)=NO)C1CC1. The van der Waals surface area contributed by atoms with Gasteiger partial charge in [-0.25, -0.2) is 0 Å². The van der Waals surface area contributed by atoms with Gasteiger partial charge in [0.15, 0.2) is 5.84 Å². The molecule has 3 N–H and O–H groups in total. The molecule has 1 aromatic carbocycles. The fourth-order valence-corrected chi connectivity index (χ4v) is 2.45. The minimum Gasteiger partial charge on any atom is -0.409 e. The summed E-state index contributed by atoms with van der Waals surface area (Å²) in [6, 6.07) is 6.20. The Morgan fingerprint density at radius 2 is 2.28 bits per heavy atom. The van der Waals surface area contributed by atoms with Gasteiger partial charge in [0, 0.05) is 18.3 Å². The van der Waals surface area contributed by atoms with Gasteiger partial charge in [0.1, 0.15) is 0 Å². The maximum Gasteiger partial charge on any atom is 0.173 e. The van der Waals surface area contributed by atoms with Crippen LogP contribution in [0.2, 0.25) is 5.02 Å². The van der Waals surface area contributed by atoms with E-state index in [0.717, 1.165) is 18.7 Å². The first-order valence-electron chi connectivity index (χ1n) is 6.22. The highest BCUT2D eigenvalue weighted by Gasteiger charge is 2.30. The van der Waals surface area contributed by atoms with E-state index in [9.17, 15) is 0 Å². The summed E-state index contributed by atoms with van der Waals surface area (Å²) < 4.78 is 0. The van der Waals surface area contributed by atoms with Crippen LogP contribution in [0.15, 0.2) is 23.4 Å². The average molecular weight is 268 g/mol. The molecule has 4 nitrogen and oxygen atoms in total. The fourth-order valence-electron chi connectivity index (χ4n) is 2.18. The van der Waals surface area contributed by atoms with Gasteiger partial charge in [-0.2, -0.15) is 0 Å². The molecule has 0 bridgehead atoms. The minimum absolute atomic E-state index is 0.0670. The lowest BCUT2D eigenvalue weighted by atomic mass is 10.1. The Bertz CT molecular complexity index is 458. The molecule has 98 valence electrons. The topological polar surface area (TPSA) is 61.8 Å². The van der Waals surface area contributed by atoms with E-state index in [1.165, 1.54) is 12.8 Å². The summed E-state index contributed by atoms with van der Waals surface area (Å²) in [5.41, 5.74) is 7.33. The number of halogens is 1. The maximum atomic E-state index is 8.89. The Hall–Kier alpha value is -1.42. The number of nitrogens with two attached hydrogens (primary N) is 1. The smallest absolute Gasteiger partial charge is 0.173 e. The van der Waals surface area contributed by atoms with Crippen LogP contribution in [0.3, 0.4) is 0 Å². The molecule has 1 aliphatic rings. The molecule has 18 heavy (non-hydrogen) atoms. The molecule has 2 rings (SSSR count). The number of benzene rings is 1. The van der Waals surface area contributed by atoms with Crippen LogP contribution in [0.25, 0.3) is 0 Å². The number of amidine groups is 1. The summed E-state index contributed by atoms with van der Waals surface area (Å²) in [6.07, 6.45) is 3.45. The zero-order chi connectivity index (χ0) is 13.1. The Balaban J connectivity index is 2.44. The molecule has 1 aliphatic carbocycles. The lowest BCUT2D eigenvalue weighted by Gasteiger charge is -2.26. The first-order valence-corrected chi connectivity index (χ1v) is 6.59. The van der Waals surface area contributed by atoms with Crippen molar-refractivity contribution in [2.75, 3.05) is 11.4 Å². The van der Waals surface area contributed by atoms with E-state index in [4.69, 9.17) is 22.5 Å². The van der Waals surface area contributed by atoms with Gasteiger partial charge in [-0.15, -0.1) is 0 Å². The quantitative estimate of drug-likeness (QED) is 0.373. The van der Waals surface area contributed by atoms with Crippen LogP contribution in [0.5, 0.6) is 0 Å². The molecule has 0 atom stereocenters. The van der Waals surface area contributed by atoms with Crippen LogP contribution in [0, 0.1) is 0 Å². The molecule has 0 aromatic heterocycles. The van der Waals surface area contributed by atoms with Gasteiger partial charge in [-0.3, -0.25) is 0 Å². The molecule has 0 saturated heterocycles. The lowest BCUT2D eigenvalue weighted by molar-refractivity contribution is 0.318. The van der Waals surface area contributed by atoms with E-state index in [-0.39, 0.29) is 5.84 Å². The molecule has 0 radical (unpaired) electrons. The van der Waals surface area contributed by atoms with E-state index < -0.39 is 0 Å². The number of oxime groups is 1. The van der Waals surface area contributed by atoms with Crippen molar-refractivity contribution in [1.29, 1.82) is 0 Å². The molecule has 0 unspecified atom stereocenters. The standard InChI is InChI=1S/C13H18ClN3O/c1-2-8-17(9-6-7-9)11-5-3-4-10(14)12(11)13(15)16-18/h3-5,9,18H,2,6-8H2,1H3,(H2,15,16). The van der Waals surface area contributed by atoms with Crippen molar-refractivity contribution in [3.8, 4) is 0 Å². The third-order valence-corrected chi connectivity index (χ3v) is 3.43. The number of rotatable bonds is 5. The Morgan fingerprint density at radius 1 is 1.56 bits per heavy atom. The lowest BCUT2D eigenvalue weighted by Crippen LogP contribution is -2.29. The minimum atomic E-state index is 0.0670. The van der Waals surface area contributed by atoms with Gasteiger partial charge < -0.3 is 15.8 Å². The predicted molar refractivity (Wildman–Crippen MR) is 74.6 cm³/mol. The molecule has 0 heterocycles. The molecule has 1 aromatic rings. The zero-order valence-corrected chi connectivity index (χ0v) is 11.2. The number of nitrogens with zero attached hydrogens (tertiary/aromatic N) is 2. The highest BCUT2D eigenvalue weighted by atomic mass is 35.5. The van der Waals surface area contributed by atoms with Crippen LogP contribution in [0.1, 0.15) is 31.7 Å². The van der Waals surface area contributed by atoms with Crippen molar-refractivity contribution in [1.82, 2.24) is 0 Å². The predicted octanol–water partition coefficient (Wildman–Crippen LogP) is 2.81. The number of hydrogen-bond acceptors (Lipinski definition) is 3. The van der Waals surface area contributed by atoms with Gasteiger partial charge in [0.2, 0.25) is 0 Å². The van der Waals surface area contributed by atoms with Gasteiger partial charge in [-0.1, -0.05) is 29.7 Å². The second kappa shape index (κ2) is 5.48. The van der Waals surface area contributed by atoms with Crippen molar-refractivity contribution in [2.24, 2.45) is 10.9 Å². The Kier molecular flexibility index (Phi) is 3.97. The molecular weight excluding hydrogens is 250 g/mol. The highest BCUT2D eigenvalue weighted by Crippen LogP contribution is 2.36. The third-order valence-electron chi connectivity index (χ3n) is 3.12. The summed E-state index contributed by atoms with van der Waals surface area (Å²) in [5.74, 6) is 0.0670. The van der Waals surface area contributed by atoms with Crippen molar-refractivity contribution in [3.05, 3.63) is 28.8 Å². The maximum absolute atomic E-state index is 8.89. The van der Waals surface area contributed by atoms with E-state index in [1.807, 2.05) is 12.1 Å². The summed E-state index contributed by atoms with van der Waals surface area (Å²) >= 11 is 6.17. The summed E-state index contributed by atoms with van der Waals surface area (Å²) in [5, 5.41) is 12.5. The highest BCUT2D eigenvalue weighted by molar-refractivity contribution is 6.34. The molecule has 1 saturated carbocycles. The van der Waals surface area contributed by atoms with Crippen LogP contribution in [-0.4, -0.2) is 23.6 Å². The van der Waals surface area contributed by atoms with Crippen LogP contribution in [-0.2, 0) is 0 Å². The second-order valence-corrected chi connectivity index (χ2v) is 4.95.